The van der Waals surface area contributed by atoms with Gasteiger partial charge < -0.3 is 15.7 Å². The molecule has 0 saturated carbocycles. The van der Waals surface area contributed by atoms with Crippen LogP contribution in [0.3, 0.4) is 0 Å². The number of unbranched alkanes of at least 4 members (excludes halogenated alkanes) is 3. The topological polar surface area (TPSA) is 66.6 Å². The highest BCUT2D eigenvalue weighted by Crippen LogP contribution is 2.13. The highest BCUT2D eigenvalue weighted by Gasteiger charge is 2.21. The SMILES string of the molecule is CCCCCCN(CCO)C(=O)[C@@H](N)c1ccccc1. The number of amides is 1. The average Bonchev–Trinajstić information content (AvgIpc) is 2.50. The summed E-state index contributed by atoms with van der Waals surface area (Å²) >= 11 is 0. The standard InChI is InChI=1S/C16H26N2O2/c1-2-3-4-8-11-18(12-13-19)16(20)15(17)14-9-6-5-7-10-14/h5-7,9-10,15,19H,2-4,8,11-13,17H2,1H3/t15-/m0/s1. The molecule has 3 N–H and O–H groups in total. The summed E-state index contributed by atoms with van der Waals surface area (Å²) in [7, 11) is 0. The molecule has 0 unspecified atom stereocenters. The van der Waals surface area contributed by atoms with E-state index in [4.69, 9.17) is 10.8 Å². The monoisotopic (exact) mass is 278 g/mol. The molecule has 1 aromatic carbocycles. The van der Waals surface area contributed by atoms with Crippen molar-refractivity contribution in [3.63, 3.8) is 0 Å². The number of nitrogens with zero attached hydrogens (tertiary/aromatic N) is 1. The van der Waals surface area contributed by atoms with Crippen molar-refractivity contribution in [1.82, 2.24) is 4.90 Å². The third-order valence-corrected chi connectivity index (χ3v) is 3.39. The van der Waals surface area contributed by atoms with E-state index in [1.54, 1.807) is 4.90 Å². The van der Waals surface area contributed by atoms with Gasteiger partial charge in [0.25, 0.3) is 0 Å². The highest BCUT2D eigenvalue weighted by molar-refractivity contribution is 5.83. The van der Waals surface area contributed by atoms with E-state index in [2.05, 4.69) is 6.92 Å². The lowest BCUT2D eigenvalue weighted by molar-refractivity contribution is -0.133. The molecule has 0 fully saturated rings. The van der Waals surface area contributed by atoms with Crippen molar-refractivity contribution in [2.75, 3.05) is 19.7 Å². The van der Waals surface area contributed by atoms with Crippen LogP contribution in [0.4, 0.5) is 0 Å². The number of carbonyl (C=O) groups excluding carboxylic acids is 1. The van der Waals surface area contributed by atoms with Gasteiger partial charge in [-0.15, -0.1) is 0 Å². The molecule has 0 aromatic heterocycles. The highest BCUT2D eigenvalue weighted by atomic mass is 16.3. The van der Waals surface area contributed by atoms with Gasteiger partial charge in [0.15, 0.2) is 0 Å². The number of aliphatic hydroxyl groups is 1. The van der Waals surface area contributed by atoms with E-state index in [9.17, 15) is 4.79 Å². The summed E-state index contributed by atoms with van der Waals surface area (Å²) in [5, 5.41) is 9.11. The van der Waals surface area contributed by atoms with Crippen LogP contribution >= 0.6 is 0 Å². The third-order valence-electron chi connectivity index (χ3n) is 3.39. The minimum absolute atomic E-state index is 0.0268. The Bertz CT molecular complexity index is 381. The van der Waals surface area contributed by atoms with Gasteiger partial charge in [0.2, 0.25) is 5.91 Å². The Hall–Kier alpha value is -1.39. The average molecular weight is 278 g/mol. The van der Waals surface area contributed by atoms with Crippen molar-refractivity contribution >= 4 is 5.91 Å². The van der Waals surface area contributed by atoms with Crippen LogP contribution in [0.1, 0.15) is 44.2 Å². The summed E-state index contributed by atoms with van der Waals surface area (Å²) in [6, 6.07) is 8.72. The molecule has 4 heteroatoms. The smallest absolute Gasteiger partial charge is 0.244 e. The summed E-state index contributed by atoms with van der Waals surface area (Å²) in [5.41, 5.74) is 6.84. The van der Waals surface area contributed by atoms with Crippen molar-refractivity contribution in [3.05, 3.63) is 35.9 Å². The summed E-state index contributed by atoms with van der Waals surface area (Å²) in [5.74, 6) is -0.109. The zero-order chi connectivity index (χ0) is 14.8. The van der Waals surface area contributed by atoms with E-state index in [0.29, 0.717) is 13.1 Å². The maximum atomic E-state index is 12.4. The van der Waals surface area contributed by atoms with Crippen LogP contribution < -0.4 is 5.73 Å². The Balaban J connectivity index is 2.58. The van der Waals surface area contributed by atoms with E-state index in [1.165, 1.54) is 6.42 Å². The lowest BCUT2D eigenvalue weighted by Crippen LogP contribution is -2.40. The first-order valence-electron chi connectivity index (χ1n) is 7.40. The van der Waals surface area contributed by atoms with Gasteiger partial charge in [0.05, 0.1) is 6.61 Å². The van der Waals surface area contributed by atoms with Gasteiger partial charge in [-0.1, -0.05) is 56.5 Å². The Morgan fingerprint density at radius 2 is 1.90 bits per heavy atom. The van der Waals surface area contributed by atoms with E-state index >= 15 is 0 Å². The molecule has 1 aromatic rings. The largest absolute Gasteiger partial charge is 0.395 e. The number of aliphatic hydroxyl groups excluding tert-OH is 1. The van der Waals surface area contributed by atoms with Crippen molar-refractivity contribution in [2.45, 2.75) is 38.6 Å². The molecule has 0 spiro atoms. The second-order valence-corrected chi connectivity index (χ2v) is 5.00. The number of rotatable bonds is 9. The molecule has 1 atom stereocenters. The minimum Gasteiger partial charge on any atom is -0.395 e. The van der Waals surface area contributed by atoms with Crippen LogP contribution in [0.15, 0.2) is 30.3 Å². The third kappa shape index (κ3) is 5.31. The predicted molar refractivity (Wildman–Crippen MR) is 81.2 cm³/mol. The predicted octanol–water partition coefficient (Wildman–Crippen LogP) is 2.09. The van der Waals surface area contributed by atoms with Crippen molar-refractivity contribution in [1.29, 1.82) is 0 Å². The Morgan fingerprint density at radius 1 is 1.20 bits per heavy atom. The summed E-state index contributed by atoms with van der Waals surface area (Å²) in [4.78, 5) is 14.1. The number of nitrogens with two attached hydrogens (primary N) is 1. The number of carbonyl (C=O) groups is 1. The van der Waals surface area contributed by atoms with Crippen LogP contribution in [-0.4, -0.2) is 35.6 Å². The van der Waals surface area contributed by atoms with E-state index in [1.807, 2.05) is 30.3 Å². The molecule has 0 aliphatic heterocycles. The van der Waals surface area contributed by atoms with Gasteiger partial charge in [0.1, 0.15) is 6.04 Å². The Labute approximate surface area is 121 Å². The number of benzene rings is 1. The minimum atomic E-state index is -0.645. The summed E-state index contributed by atoms with van der Waals surface area (Å²) < 4.78 is 0. The molecule has 0 bridgehead atoms. The van der Waals surface area contributed by atoms with Gasteiger partial charge >= 0.3 is 0 Å². The van der Waals surface area contributed by atoms with Gasteiger partial charge in [-0.3, -0.25) is 4.79 Å². The lowest BCUT2D eigenvalue weighted by Gasteiger charge is -2.25. The molecule has 0 aliphatic carbocycles. The Morgan fingerprint density at radius 3 is 2.50 bits per heavy atom. The lowest BCUT2D eigenvalue weighted by atomic mass is 10.1. The molecular weight excluding hydrogens is 252 g/mol. The van der Waals surface area contributed by atoms with Gasteiger partial charge in [-0.25, -0.2) is 0 Å². The van der Waals surface area contributed by atoms with Gasteiger partial charge in [-0.05, 0) is 12.0 Å². The second-order valence-electron chi connectivity index (χ2n) is 5.00. The molecule has 1 amide bonds. The summed E-state index contributed by atoms with van der Waals surface area (Å²) in [6.45, 7) is 3.15. The molecule has 0 heterocycles. The van der Waals surface area contributed by atoms with Crippen LogP contribution in [0.25, 0.3) is 0 Å². The molecule has 0 saturated heterocycles. The molecule has 1 rings (SSSR count). The maximum Gasteiger partial charge on any atom is 0.244 e. The number of hydrogen-bond acceptors (Lipinski definition) is 3. The quantitative estimate of drug-likeness (QED) is 0.680. The zero-order valence-corrected chi connectivity index (χ0v) is 12.3. The molecule has 4 nitrogen and oxygen atoms in total. The van der Waals surface area contributed by atoms with E-state index in [-0.39, 0.29) is 12.5 Å². The zero-order valence-electron chi connectivity index (χ0n) is 12.3. The van der Waals surface area contributed by atoms with Gasteiger partial charge in [0, 0.05) is 13.1 Å². The van der Waals surface area contributed by atoms with Crippen LogP contribution in [0.5, 0.6) is 0 Å². The van der Waals surface area contributed by atoms with Gasteiger partial charge in [-0.2, -0.15) is 0 Å². The molecule has 112 valence electrons. The first kappa shape index (κ1) is 16.7. The first-order chi connectivity index (χ1) is 9.70. The second kappa shape index (κ2) is 9.50. The normalized spacial score (nSPS) is 12.2. The van der Waals surface area contributed by atoms with Crippen LogP contribution in [0.2, 0.25) is 0 Å². The first-order valence-corrected chi connectivity index (χ1v) is 7.40. The molecular formula is C16H26N2O2. The van der Waals surface area contributed by atoms with E-state index < -0.39 is 6.04 Å². The van der Waals surface area contributed by atoms with E-state index in [0.717, 1.165) is 24.8 Å². The molecule has 20 heavy (non-hydrogen) atoms. The fourth-order valence-corrected chi connectivity index (χ4v) is 2.18. The maximum absolute atomic E-state index is 12.4. The van der Waals surface area contributed by atoms with Crippen molar-refractivity contribution < 1.29 is 9.90 Å². The van der Waals surface area contributed by atoms with Crippen LogP contribution in [0, 0.1) is 0 Å². The van der Waals surface area contributed by atoms with Crippen molar-refractivity contribution in [2.24, 2.45) is 5.73 Å². The number of hydrogen-bond donors (Lipinski definition) is 2. The molecule has 0 radical (unpaired) electrons. The fourth-order valence-electron chi connectivity index (χ4n) is 2.18. The van der Waals surface area contributed by atoms with Crippen LogP contribution in [-0.2, 0) is 4.79 Å². The Kier molecular flexibility index (Phi) is 7.92. The van der Waals surface area contributed by atoms with Crippen molar-refractivity contribution in [3.8, 4) is 0 Å². The fraction of sp³-hybridized carbons (Fsp3) is 0.562. The summed E-state index contributed by atoms with van der Waals surface area (Å²) in [6.07, 6.45) is 4.40. The molecule has 0 aliphatic rings.